The molecule has 2 aromatic carbocycles. The maximum atomic E-state index is 13.4. The van der Waals surface area contributed by atoms with E-state index >= 15 is 0 Å². The summed E-state index contributed by atoms with van der Waals surface area (Å²) in [5.74, 6) is -0.207. The molecule has 2 aromatic heterocycles. The van der Waals surface area contributed by atoms with E-state index in [1.807, 2.05) is 53.8 Å². The minimum absolute atomic E-state index is 0.0482. The van der Waals surface area contributed by atoms with E-state index in [1.165, 1.54) is 12.1 Å². The Morgan fingerprint density at radius 3 is 2.28 bits per heavy atom. The molecule has 0 atom stereocenters. The van der Waals surface area contributed by atoms with Gasteiger partial charge in [-0.2, -0.15) is 5.10 Å². The lowest BCUT2D eigenvalue weighted by Gasteiger charge is -2.36. The predicted octanol–water partition coefficient (Wildman–Crippen LogP) is 3.76. The van der Waals surface area contributed by atoms with Gasteiger partial charge in [-0.05, 0) is 62.2 Å². The van der Waals surface area contributed by atoms with Crippen molar-refractivity contribution in [2.24, 2.45) is 7.05 Å². The molecule has 1 saturated heterocycles. The zero-order valence-corrected chi connectivity index (χ0v) is 20.9. The topological polar surface area (TPSA) is 63.4 Å². The molecule has 8 heteroatoms. The second-order valence-corrected chi connectivity index (χ2v) is 9.34. The number of aryl methyl sites for hydroxylation is 3. The molecule has 3 heterocycles. The van der Waals surface area contributed by atoms with Crippen LogP contribution in [0, 0.1) is 19.7 Å². The lowest BCUT2D eigenvalue weighted by atomic mass is 10.0. The van der Waals surface area contributed by atoms with Crippen molar-refractivity contribution < 1.29 is 9.18 Å². The molecular weight excluding hydrogens is 457 g/mol. The molecular formula is C28H30FN5O2. The number of rotatable bonds is 5. The summed E-state index contributed by atoms with van der Waals surface area (Å²) >= 11 is 0. The highest BCUT2D eigenvalue weighted by Gasteiger charge is 2.24. The van der Waals surface area contributed by atoms with Gasteiger partial charge in [0.15, 0.2) is 0 Å². The number of piperazine rings is 1. The van der Waals surface area contributed by atoms with Crippen LogP contribution < -0.4 is 10.5 Å². The Kier molecular flexibility index (Phi) is 6.35. The molecule has 0 unspecified atom stereocenters. The third-order valence-corrected chi connectivity index (χ3v) is 7.16. The summed E-state index contributed by atoms with van der Waals surface area (Å²) in [6, 6.07) is 16.2. The summed E-state index contributed by atoms with van der Waals surface area (Å²) in [5, 5.41) is 5.68. The zero-order valence-electron chi connectivity index (χ0n) is 20.9. The Hall–Kier alpha value is -3.94. The molecule has 1 fully saturated rings. The minimum atomic E-state index is -0.255. The van der Waals surface area contributed by atoms with Crippen LogP contribution in [0.2, 0.25) is 0 Å². The molecule has 0 spiro atoms. The Morgan fingerprint density at radius 1 is 0.944 bits per heavy atom. The number of hydrogen-bond acceptors (Lipinski definition) is 4. The van der Waals surface area contributed by atoms with Crippen LogP contribution in [0.5, 0.6) is 0 Å². The molecule has 1 aliphatic rings. The number of benzene rings is 2. The highest BCUT2D eigenvalue weighted by atomic mass is 19.1. The number of para-hydroxylation sites is 1. The predicted molar refractivity (Wildman–Crippen MR) is 139 cm³/mol. The van der Waals surface area contributed by atoms with E-state index in [1.54, 1.807) is 23.7 Å². The summed E-state index contributed by atoms with van der Waals surface area (Å²) in [7, 11) is 1.77. The molecule has 0 bridgehead atoms. The van der Waals surface area contributed by atoms with Gasteiger partial charge < -0.3 is 9.80 Å². The lowest BCUT2D eigenvalue weighted by molar-refractivity contribution is -0.131. The summed E-state index contributed by atoms with van der Waals surface area (Å²) in [5.41, 5.74) is 4.93. The summed E-state index contributed by atoms with van der Waals surface area (Å²) in [6.07, 6.45) is 0.672. The molecule has 186 valence electrons. The normalized spacial score (nSPS) is 14.0. The van der Waals surface area contributed by atoms with Crippen LogP contribution in [-0.2, 0) is 18.3 Å². The van der Waals surface area contributed by atoms with Gasteiger partial charge in [-0.1, -0.05) is 18.2 Å². The van der Waals surface area contributed by atoms with E-state index in [0.717, 1.165) is 33.7 Å². The molecule has 1 amide bonds. The number of nitrogens with zero attached hydrogens (tertiary/aromatic N) is 5. The van der Waals surface area contributed by atoms with Crippen LogP contribution in [-0.4, -0.2) is 51.3 Å². The fourth-order valence-electron chi connectivity index (χ4n) is 5.17. The van der Waals surface area contributed by atoms with Gasteiger partial charge in [0.2, 0.25) is 5.91 Å². The van der Waals surface area contributed by atoms with E-state index in [9.17, 15) is 14.0 Å². The smallest absolute Gasteiger partial charge is 0.255 e. The van der Waals surface area contributed by atoms with Gasteiger partial charge in [0.1, 0.15) is 11.5 Å². The van der Waals surface area contributed by atoms with Gasteiger partial charge in [-0.25, -0.2) is 9.07 Å². The Balaban J connectivity index is 1.32. The number of fused-ring (bicyclic) bond motifs is 1. The molecule has 4 aromatic rings. The Bertz CT molecular complexity index is 1470. The van der Waals surface area contributed by atoms with E-state index in [-0.39, 0.29) is 23.7 Å². The monoisotopic (exact) mass is 487 g/mol. The summed E-state index contributed by atoms with van der Waals surface area (Å²) in [6.45, 7) is 6.51. The molecule has 1 aliphatic heterocycles. The number of carbonyl (C=O) groups is 1. The largest absolute Gasteiger partial charge is 0.368 e. The van der Waals surface area contributed by atoms with Crippen LogP contribution in [0.4, 0.5) is 10.1 Å². The second-order valence-electron chi connectivity index (χ2n) is 9.34. The van der Waals surface area contributed by atoms with Gasteiger partial charge in [0.05, 0.1) is 11.4 Å². The van der Waals surface area contributed by atoms with E-state index in [4.69, 9.17) is 5.10 Å². The first-order valence-corrected chi connectivity index (χ1v) is 12.3. The first-order valence-electron chi connectivity index (χ1n) is 12.3. The number of amides is 1. The van der Waals surface area contributed by atoms with Crippen molar-refractivity contribution in [1.29, 1.82) is 0 Å². The maximum absolute atomic E-state index is 13.4. The maximum Gasteiger partial charge on any atom is 0.255 e. The average molecular weight is 488 g/mol. The molecule has 5 rings (SSSR count). The minimum Gasteiger partial charge on any atom is -0.368 e. The Morgan fingerprint density at radius 2 is 1.61 bits per heavy atom. The fourth-order valence-corrected chi connectivity index (χ4v) is 5.17. The van der Waals surface area contributed by atoms with Crippen molar-refractivity contribution >= 4 is 22.6 Å². The van der Waals surface area contributed by atoms with Crippen molar-refractivity contribution in [3.63, 3.8) is 0 Å². The molecule has 0 saturated carbocycles. The lowest BCUT2D eigenvalue weighted by Crippen LogP contribution is -2.48. The molecule has 0 N–H and O–H groups in total. The van der Waals surface area contributed by atoms with Crippen LogP contribution >= 0.6 is 0 Å². The molecule has 36 heavy (non-hydrogen) atoms. The van der Waals surface area contributed by atoms with Gasteiger partial charge in [0, 0.05) is 56.3 Å². The van der Waals surface area contributed by atoms with E-state index < -0.39 is 0 Å². The van der Waals surface area contributed by atoms with Crippen molar-refractivity contribution in [2.75, 3.05) is 31.1 Å². The molecule has 7 nitrogen and oxygen atoms in total. The van der Waals surface area contributed by atoms with Crippen molar-refractivity contribution in [3.05, 3.63) is 87.6 Å². The molecule has 0 aliphatic carbocycles. The van der Waals surface area contributed by atoms with Gasteiger partial charge in [0.25, 0.3) is 5.56 Å². The van der Waals surface area contributed by atoms with Crippen molar-refractivity contribution in [3.8, 4) is 5.69 Å². The first-order chi connectivity index (χ1) is 17.3. The van der Waals surface area contributed by atoms with Crippen molar-refractivity contribution in [2.45, 2.75) is 26.7 Å². The average Bonchev–Trinajstić information content (AvgIpc) is 3.25. The number of anilines is 1. The number of halogens is 1. The standard InChI is InChI=1S/C28H30FN5O2/c1-19-24(13-14-25(35)33-17-15-32(16-18-33)22-11-9-21(29)10-12-22)28(36)31(3)27-26(19)20(2)30-34(27)23-7-5-4-6-8-23/h4-12H,13-18H2,1-3H3. The van der Waals surface area contributed by atoms with Gasteiger partial charge in [-0.15, -0.1) is 0 Å². The molecule has 0 radical (unpaired) electrons. The highest BCUT2D eigenvalue weighted by Crippen LogP contribution is 2.26. The fraction of sp³-hybridized carbons (Fsp3) is 0.321. The number of pyridine rings is 1. The summed E-state index contributed by atoms with van der Waals surface area (Å²) < 4.78 is 16.7. The SMILES string of the molecule is Cc1nn(-c2ccccc2)c2c1c(C)c(CCC(=O)N1CCN(c3ccc(F)cc3)CC1)c(=O)n2C. The third-order valence-electron chi connectivity index (χ3n) is 7.16. The zero-order chi connectivity index (χ0) is 25.4. The quantitative estimate of drug-likeness (QED) is 0.430. The second kappa shape index (κ2) is 9.60. The van der Waals surface area contributed by atoms with Crippen LogP contribution in [0.15, 0.2) is 59.4 Å². The van der Waals surface area contributed by atoms with Gasteiger partial charge >= 0.3 is 0 Å². The number of hydrogen-bond donors (Lipinski definition) is 0. The highest BCUT2D eigenvalue weighted by molar-refractivity contribution is 5.85. The van der Waals surface area contributed by atoms with Crippen LogP contribution in [0.1, 0.15) is 23.2 Å². The number of carbonyl (C=O) groups excluding carboxylic acids is 1. The number of aromatic nitrogens is 3. The van der Waals surface area contributed by atoms with Crippen LogP contribution in [0.25, 0.3) is 16.7 Å². The van der Waals surface area contributed by atoms with Crippen molar-refractivity contribution in [1.82, 2.24) is 19.2 Å². The Labute approximate surface area is 209 Å². The van der Waals surface area contributed by atoms with E-state index in [0.29, 0.717) is 38.2 Å². The van der Waals surface area contributed by atoms with Gasteiger partial charge in [-0.3, -0.25) is 14.2 Å². The van der Waals surface area contributed by atoms with Crippen LogP contribution in [0.3, 0.4) is 0 Å². The first kappa shape index (κ1) is 23.8. The summed E-state index contributed by atoms with van der Waals surface area (Å²) in [4.78, 5) is 30.4. The third kappa shape index (κ3) is 4.27. The van der Waals surface area contributed by atoms with E-state index in [2.05, 4.69) is 4.90 Å².